The number of anilines is 1. The molecule has 0 atom stereocenters. The second-order valence-electron chi connectivity index (χ2n) is 8.42. The van der Waals surface area contributed by atoms with E-state index < -0.39 is 0 Å². The Kier molecular flexibility index (Phi) is 6.76. The van der Waals surface area contributed by atoms with E-state index in [1.807, 2.05) is 47.5 Å². The zero-order valence-electron chi connectivity index (χ0n) is 19.3. The zero-order chi connectivity index (χ0) is 23.3. The standard InChI is InChI=1S/C26H28N6OS/c1-34-26-29-24(31-14-5-6-15-31)22-18-28-32(25(22)30-26)16-13-27-23(33)17-19-9-11-21(12-10-19)20-7-3-2-4-8-20/h2-4,7-12,18H,5-6,13-17H2,1H3,(H,27,33). The molecule has 2 aromatic heterocycles. The molecule has 1 aliphatic heterocycles. The van der Waals surface area contributed by atoms with E-state index in [-0.39, 0.29) is 5.91 Å². The second kappa shape index (κ2) is 10.3. The summed E-state index contributed by atoms with van der Waals surface area (Å²) in [6.07, 6.45) is 6.57. The van der Waals surface area contributed by atoms with E-state index in [1.165, 1.54) is 30.2 Å². The number of carbonyl (C=O) groups excluding carboxylic acids is 1. The Labute approximate surface area is 203 Å². The van der Waals surface area contributed by atoms with E-state index in [0.29, 0.717) is 19.5 Å². The summed E-state index contributed by atoms with van der Waals surface area (Å²) in [6.45, 7) is 3.10. The topological polar surface area (TPSA) is 75.9 Å². The Bertz CT molecular complexity index is 1270. The number of rotatable bonds is 8. The predicted octanol–water partition coefficient (Wildman–Crippen LogP) is 4.17. The number of amides is 1. The molecule has 0 unspecified atom stereocenters. The van der Waals surface area contributed by atoms with Gasteiger partial charge in [-0.3, -0.25) is 4.79 Å². The Morgan fingerprint density at radius 1 is 1.00 bits per heavy atom. The predicted molar refractivity (Wildman–Crippen MR) is 137 cm³/mol. The Hall–Kier alpha value is -3.39. The summed E-state index contributed by atoms with van der Waals surface area (Å²) in [4.78, 5) is 24.3. The first-order valence-electron chi connectivity index (χ1n) is 11.6. The van der Waals surface area contributed by atoms with Gasteiger partial charge in [-0.25, -0.2) is 14.6 Å². The second-order valence-corrected chi connectivity index (χ2v) is 9.20. The van der Waals surface area contributed by atoms with Crippen LogP contribution in [0, 0.1) is 0 Å². The molecule has 1 N–H and O–H groups in total. The van der Waals surface area contributed by atoms with E-state index in [2.05, 4.69) is 39.6 Å². The average Bonchev–Trinajstić information content (AvgIpc) is 3.55. The van der Waals surface area contributed by atoms with Crippen LogP contribution in [0.4, 0.5) is 5.82 Å². The maximum Gasteiger partial charge on any atom is 0.224 e. The first-order chi connectivity index (χ1) is 16.7. The number of thioether (sulfide) groups is 1. The van der Waals surface area contributed by atoms with Crippen molar-refractivity contribution in [1.29, 1.82) is 0 Å². The molecular formula is C26H28N6OS. The van der Waals surface area contributed by atoms with Gasteiger partial charge >= 0.3 is 0 Å². The minimum absolute atomic E-state index is 0.00103. The van der Waals surface area contributed by atoms with Gasteiger partial charge in [0.05, 0.1) is 24.5 Å². The summed E-state index contributed by atoms with van der Waals surface area (Å²) in [5.41, 5.74) is 4.14. The van der Waals surface area contributed by atoms with Crippen molar-refractivity contribution in [2.75, 3.05) is 30.8 Å². The molecule has 0 aliphatic carbocycles. The number of benzene rings is 2. The minimum Gasteiger partial charge on any atom is -0.356 e. The highest BCUT2D eigenvalue weighted by Gasteiger charge is 2.20. The summed E-state index contributed by atoms with van der Waals surface area (Å²) in [5, 5.41) is 9.29. The molecular weight excluding hydrogens is 444 g/mol. The van der Waals surface area contributed by atoms with Gasteiger partial charge in [-0.2, -0.15) is 5.10 Å². The molecule has 2 aromatic carbocycles. The number of nitrogens with one attached hydrogen (secondary N) is 1. The van der Waals surface area contributed by atoms with Crippen LogP contribution in [0.25, 0.3) is 22.2 Å². The normalized spacial score (nSPS) is 13.5. The summed E-state index contributed by atoms with van der Waals surface area (Å²) < 4.78 is 1.87. The highest BCUT2D eigenvalue weighted by molar-refractivity contribution is 7.98. The maximum atomic E-state index is 12.5. The molecule has 1 amide bonds. The highest BCUT2D eigenvalue weighted by atomic mass is 32.2. The quantitative estimate of drug-likeness (QED) is 0.306. The van der Waals surface area contributed by atoms with Crippen LogP contribution in [0.15, 0.2) is 66.0 Å². The van der Waals surface area contributed by atoms with Crippen molar-refractivity contribution in [2.45, 2.75) is 31.0 Å². The van der Waals surface area contributed by atoms with Crippen molar-refractivity contribution in [3.8, 4) is 11.1 Å². The van der Waals surface area contributed by atoms with Crippen LogP contribution < -0.4 is 10.2 Å². The van der Waals surface area contributed by atoms with Crippen molar-refractivity contribution >= 4 is 34.5 Å². The molecule has 8 heteroatoms. The fraction of sp³-hybridized carbons (Fsp3) is 0.308. The fourth-order valence-electron chi connectivity index (χ4n) is 4.34. The van der Waals surface area contributed by atoms with Gasteiger partial charge < -0.3 is 10.2 Å². The van der Waals surface area contributed by atoms with Crippen LogP contribution in [0.3, 0.4) is 0 Å². The van der Waals surface area contributed by atoms with Crippen LogP contribution >= 0.6 is 11.8 Å². The number of hydrogen-bond donors (Lipinski definition) is 1. The average molecular weight is 473 g/mol. The smallest absolute Gasteiger partial charge is 0.224 e. The molecule has 7 nitrogen and oxygen atoms in total. The molecule has 34 heavy (non-hydrogen) atoms. The molecule has 4 aromatic rings. The van der Waals surface area contributed by atoms with E-state index in [9.17, 15) is 4.79 Å². The van der Waals surface area contributed by atoms with Crippen molar-refractivity contribution in [3.05, 3.63) is 66.4 Å². The van der Waals surface area contributed by atoms with Crippen molar-refractivity contribution in [3.63, 3.8) is 0 Å². The lowest BCUT2D eigenvalue weighted by Gasteiger charge is -2.17. The lowest BCUT2D eigenvalue weighted by Crippen LogP contribution is -2.29. The largest absolute Gasteiger partial charge is 0.356 e. The van der Waals surface area contributed by atoms with Gasteiger partial charge in [0, 0.05) is 19.6 Å². The Morgan fingerprint density at radius 2 is 1.74 bits per heavy atom. The lowest BCUT2D eigenvalue weighted by molar-refractivity contribution is -0.120. The SMILES string of the molecule is CSc1nc(N2CCCC2)c2cnn(CCNC(=O)Cc3ccc(-c4ccccc4)cc3)c2n1. The third kappa shape index (κ3) is 4.92. The van der Waals surface area contributed by atoms with Crippen molar-refractivity contribution in [2.24, 2.45) is 0 Å². The van der Waals surface area contributed by atoms with Crippen LogP contribution in [0.5, 0.6) is 0 Å². The first-order valence-corrected chi connectivity index (χ1v) is 12.9. The molecule has 0 bridgehead atoms. The molecule has 0 radical (unpaired) electrons. The summed E-state index contributed by atoms with van der Waals surface area (Å²) in [7, 11) is 0. The first kappa shape index (κ1) is 22.4. The maximum absolute atomic E-state index is 12.5. The minimum atomic E-state index is 0.00103. The lowest BCUT2D eigenvalue weighted by atomic mass is 10.0. The van der Waals surface area contributed by atoms with Crippen LogP contribution in [-0.2, 0) is 17.8 Å². The van der Waals surface area contributed by atoms with Crippen molar-refractivity contribution in [1.82, 2.24) is 25.1 Å². The number of nitrogens with zero attached hydrogens (tertiary/aromatic N) is 5. The molecule has 1 fully saturated rings. The van der Waals surface area contributed by atoms with Gasteiger partial charge in [0.25, 0.3) is 0 Å². The molecule has 5 rings (SSSR count). The molecule has 1 aliphatic rings. The van der Waals surface area contributed by atoms with Crippen molar-refractivity contribution < 1.29 is 4.79 Å². The van der Waals surface area contributed by atoms with E-state index in [4.69, 9.17) is 9.97 Å². The number of fused-ring (bicyclic) bond motifs is 1. The summed E-state index contributed by atoms with van der Waals surface area (Å²) in [5.74, 6) is 0.974. The number of carbonyl (C=O) groups is 1. The molecule has 3 heterocycles. The monoisotopic (exact) mass is 472 g/mol. The van der Waals surface area contributed by atoms with Gasteiger partial charge in [-0.1, -0.05) is 66.4 Å². The summed E-state index contributed by atoms with van der Waals surface area (Å²) in [6, 6.07) is 18.4. The molecule has 1 saturated heterocycles. The molecule has 0 spiro atoms. The van der Waals surface area contributed by atoms with Gasteiger partial charge in [-0.15, -0.1) is 0 Å². The molecule has 174 valence electrons. The Morgan fingerprint density at radius 3 is 2.47 bits per heavy atom. The zero-order valence-corrected chi connectivity index (χ0v) is 20.1. The van der Waals surface area contributed by atoms with Gasteiger partial charge in [0.2, 0.25) is 5.91 Å². The molecule has 0 saturated carbocycles. The van der Waals surface area contributed by atoms with Crippen LogP contribution in [0.1, 0.15) is 18.4 Å². The number of hydrogen-bond acceptors (Lipinski definition) is 6. The van der Waals surface area contributed by atoms with Crippen LogP contribution in [-0.4, -0.2) is 51.5 Å². The van der Waals surface area contributed by atoms with Crippen LogP contribution in [0.2, 0.25) is 0 Å². The third-order valence-corrected chi connectivity index (χ3v) is 6.66. The van der Waals surface area contributed by atoms with E-state index >= 15 is 0 Å². The number of aromatic nitrogens is 4. The van der Waals surface area contributed by atoms with E-state index in [1.54, 1.807) is 0 Å². The van der Waals surface area contributed by atoms with Gasteiger partial charge in [0.1, 0.15) is 5.82 Å². The Balaban J connectivity index is 1.20. The van der Waals surface area contributed by atoms with Gasteiger partial charge in [-0.05, 0) is 35.8 Å². The third-order valence-electron chi connectivity index (χ3n) is 6.12. The highest BCUT2D eigenvalue weighted by Crippen LogP contribution is 2.28. The van der Waals surface area contributed by atoms with E-state index in [0.717, 1.165) is 46.2 Å². The van der Waals surface area contributed by atoms with Gasteiger partial charge in [0.15, 0.2) is 10.8 Å². The summed E-state index contributed by atoms with van der Waals surface area (Å²) >= 11 is 1.54. The fourth-order valence-corrected chi connectivity index (χ4v) is 4.70.